The lowest BCUT2D eigenvalue weighted by molar-refractivity contribution is -0.116. The lowest BCUT2D eigenvalue weighted by Gasteiger charge is -2.19. The van der Waals surface area contributed by atoms with E-state index < -0.39 is 16.1 Å². The molecule has 3 rings (SSSR count). The van der Waals surface area contributed by atoms with Crippen LogP contribution >= 0.6 is 15.9 Å². The van der Waals surface area contributed by atoms with Crippen LogP contribution in [0.1, 0.15) is 18.0 Å². The van der Waals surface area contributed by atoms with Crippen LogP contribution in [0.2, 0.25) is 0 Å². The molecule has 1 amide bonds. The molecule has 1 aromatic heterocycles. The summed E-state index contributed by atoms with van der Waals surface area (Å²) in [5.41, 5.74) is 1.25. The van der Waals surface area contributed by atoms with Gasteiger partial charge in [0.2, 0.25) is 15.9 Å². The van der Waals surface area contributed by atoms with E-state index in [0.29, 0.717) is 11.3 Å². The summed E-state index contributed by atoms with van der Waals surface area (Å²) in [4.78, 5) is 16.6. The Balaban J connectivity index is 1.81. The van der Waals surface area contributed by atoms with Gasteiger partial charge in [0.05, 0.1) is 22.8 Å². The highest BCUT2D eigenvalue weighted by Crippen LogP contribution is 2.22. The minimum absolute atomic E-state index is 0.0608. The highest BCUT2D eigenvalue weighted by Gasteiger charge is 2.23. The summed E-state index contributed by atoms with van der Waals surface area (Å²) in [5, 5.41) is 2.73. The highest BCUT2D eigenvalue weighted by molar-refractivity contribution is 9.10. The first kappa shape index (κ1) is 20.2. The molecular weight excluding hydrogens is 442 g/mol. The minimum Gasteiger partial charge on any atom is -0.325 e. The maximum absolute atomic E-state index is 12.8. The third-order valence-electron chi connectivity index (χ3n) is 3.96. The molecule has 0 saturated heterocycles. The number of carbonyl (C=O) groups is 1. The predicted octanol–water partition coefficient (Wildman–Crippen LogP) is 3.89. The quantitative estimate of drug-likeness (QED) is 0.560. The van der Waals surface area contributed by atoms with Crippen molar-refractivity contribution >= 4 is 37.5 Å². The molecule has 0 saturated carbocycles. The molecular formula is C20H18BrN3O3S. The molecule has 0 fully saturated rings. The number of nitrogens with zero attached hydrogens (tertiary/aromatic N) is 1. The molecule has 1 unspecified atom stereocenters. The van der Waals surface area contributed by atoms with Gasteiger partial charge in [0, 0.05) is 17.1 Å². The molecule has 1 heterocycles. The van der Waals surface area contributed by atoms with Crippen molar-refractivity contribution in [2.45, 2.75) is 17.4 Å². The summed E-state index contributed by atoms with van der Waals surface area (Å²) in [6.07, 6.45) is 3.07. The number of amides is 1. The fourth-order valence-corrected chi connectivity index (χ4v) is 4.10. The molecule has 144 valence electrons. The van der Waals surface area contributed by atoms with Gasteiger partial charge in [-0.25, -0.2) is 13.1 Å². The standard InChI is InChI=1S/C20H18BrN3O3S/c21-16-8-10-18(11-9-16)28(26,27)24-19(15-5-2-1-3-6-15)13-20(25)23-17-7-4-12-22-14-17/h1-12,14,19,24H,13H2,(H,23,25). The zero-order valence-electron chi connectivity index (χ0n) is 14.7. The Morgan fingerprint density at radius 1 is 1.00 bits per heavy atom. The van der Waals surface area contributed by atoms with Crippen LogP contribution in [-0.4, -0.2) is 19.3 Å². The second-order valence-electron chi connectivity index (χ2n) is 6.03. The van der Waals surface area contributed by atoms with Gasteiger partial charge in [-0.1, -0.05) is 46.3 Å². The van der Waals surface area contributed by atoms with E-state index in [1.54, 1.807) is 54.7 Å². The molecule has 3 aromatic rings. The van der Waals surface area contributed by atoms with Crippen molar-refractivity contribution in [2.75, 3.05) is 5.32 Å². The van der Waals surface area contributed by atoms with Crippen LogP contribution in [0.25, 0.3) is 0 Å². The lowest BCUT2D eigenvalue weighted by atomic mass is 10.0. The molecule has 2 N–H and O–H groups in total. The SMILES string of the molecule is O=C(CC(NS(=O)(=O)c1ccc(Br)cc1)c1ccccc1)Nc1cccnc1. The number of carbonyl (C=O) groups excluding carboxylic acids is 1. The van der Waals surface area contributed by atoms with E-state index in [1.165, 1.54) is 18.3 Å². The van der Waals surface area contributed by atoms with Gasteiger partial charge in [0.15, 0.2) is 0 Å². The van der Waals surface area contributed by atoms with Gasteiger partial charge in [-0.3, -0.25) is 9.78 Å². The van der Waals surface area contributed by atoms with Crippen LogP contribution in [0, 0.1) is 0 Å². The van der Waals surface area contributed by atoms with Gasteiger partial charge >= 0.3 is 0 Å². The van der Waals surface area contributed by atoms with Crippen LogP contribution in [-0.2, 0) is 14.8 Å². The summed E-state index contributed by atoms with van der Waals surface area (Å²) in [7, 11) is -3.81. The molecule has 0 aliphatic carbocycles. The van der Waals surface area contributed by atoms with Gasteiger partial charge in [-0.2, -0.15) is 0 Å². The van der Waals surface area contributed by atoms with Crippen molar-refractivity contribution in [1.82, 2.24) is 9.71 Å². The number of hydrogen-bond donors (Lipinski definition) is 2. The molecule has 2 aromatic carbocycles. The normalized spacial score (nSPS) is 12.3. The number of benzene rings is 2. The molecule has 0 spiro atoms. The number of rotatable bonds is 7. The molecule has 0 aliphatic rings. The number of sulfonamides is 1. The molecule has 28 heavy (non-hydrogen) atoms. The fraction of sp³-hybridized carbons (Fsp3) is 0.100. The van der Waals surface area contributed by atoms with Crippen LogP contribution in [0.3, 0.4) is 0 Å². The Bertz CT molecular complexity index is 1030. The molecule has 6 nitrogen and oxygen atoms in total. The van der Waals surface area contributed by atoms with Crippen molar-refractivity contribution in [3.8, 4) is 0 Å². The van der Waals surface area contributed by atoms with E-state index in [-0.39, 0.29) is 17.2 Å². The molecule has 1 atom stereocenters. The first-order valence-corrected chi connectivity index (χ1v) is 10.7. The van der Waals surface area contributed by atoms with Gasteiger partial charge in [0.1, 0.15) is 0 Å². The summed E-state index contributed by atoms with van der Waals surface area (Å²) >= 11 is 3.29. The van der Waals surface area contributed by atoms with E-state index in [1.807, 2.05) is 6.07 Å². The Hall–Kier alpha value is -2.55. The predicted molar refractivity (Wildman–Crippen MR) is 111 cm³/mol. The highest BCUT2D eigenvalue weighted by atomic mass is 79.9. The van der Waals surface area contributed by atoms with Gasteiger partial charge < -0.3 is 5.32 Å². The summed E-state index contributed by atoms with van der Waals surface area (Å²) in [6, 6.07) is 18.0. The number of aromatic nitrogens is 1. The van der Waals surface area contributed by atoms with E-state index in [9.17, 15) is 13.2 Å². The third kappa shape index (κ3) is 5.48. The second kappa shape index (κ2) is 9.09. The number of hydrogen-bond acceptors (Lipinski definition) is 4. The van der Waals surface area contributed by atoms with Crippen LogP contribution in [0.4, 0.5) is 5.69 Å². The van der Waals surface area contributed by atoms with Crippen molar-refractivity contribution in [3.63, 3.8) is 0 Å². The monoisotopic (exact) mass is 459 g/mol. The maximum atomic E-state index is 12.8. The van der Waals surface area contributed by atoms with E-state index in [2.05, 4.69) is 31.0 Å². The van der Waals surface area contributed by atoms with E-state index in [0.717, 1.165) is 4.47 Å². The smallest absolute Gasteiger partial charge is 0.241 e. The Morgan fingerprint density at radius 3 is 2.36 bits per heavy atom. The minimum atomic E-state index is -3.81. The molecule has 0 bridgehead atoms. The molecule has 8 heteroatoms. The average Bonchev–Trinajstić information content (AvgIpc) is 2.69. The maximum Gasteiger partial charge on any atom is 0.241 e. The fourth-order valence-electron chi connectivity index (χ4n) is 2.62. The number of halogens is 1. The Morgan fingerprint density at radius 2 is 1.71 bits per heavy atom. The summed E-state index contributed by atoms with van der Waals surface area (Å²) in [5.74, 6) is -0.319. The Labute approximate surface area is 172 Å². The lowest BCUT2D eigenvalue weighted by Crippen LogP contribution is -2.31. The topological polar surface area (TPSA) is 88.2 Å². The second-order valence-corrected chi connectivity index (χ2v) is 8.66. The van der Waals surface area contributed by atoms with Crippen molar-refractivity contribution in [1.29, 1.82) is 0 Å². The third-order valence-corrected chi connectivity index (χ3v) is 5.97. The van der Waals surface area contributed by atoms with E-state index >= 15 is 0 Å². The number of anilines is 1. The zero-order valence-corrected chi connectivity index (χ0v) is 17.2. The van der Waals surface area contributed by atoms with Crippen LogP contribution < -0.4 is 10.0 Å². The largest absolute Gasteiger partial charge is 0.325 e. The number of nitrogens with one attached hydrogen (secondary N) is 2. The van der Waals surface area contributed by atoms with Gasteiger partial charge in [-0.05, 0) is 42.0 Å². The first-order chi connectivity index (χ1) is 13.4. The van der Waals surface area contributed by atoms with Crippen molar-refractivity contribution < 1.29 is 13.2 Å². The average molecular weight is 460 g/mol. The van der Waals surface area contributed by atoms with Crippen LogP contribution in [0.15, 0.2) is 88.5 Å². The van der Waals surface area contributed by atoms with Crippen molar-refractivity contribution in [3.05, 3.63) is 89.2 Å². The van der Waals surface area contributed by atoms with Gasteiger partial charge in [0.25, 0.3) is 0 Å². The van der Waals surface area contributed by atoms with Gasteiger partial charge in [-0.15, -0.1) is 0 Å². The molecule has 0 radical (unpaired) electrons. The summed E-state index contributed by atoms with van der Waals surface area (Å²) < 4.78 is 29.0. The zero-order chi connectivity index (χ0) is 20.0. The van der Waals surface area contributed by atoms with E-state index in [4.69, 9.17) is 0 Å². The Kier molecular flexibility index (Phi) is 6.56. The summed E-state index contributed by atoms with van der Waals surface area (Å²) in [6.45, 7) is 0. The molecule has 0 aliphatic heterocycles. The van der Waals surface area contributed by atoms with Crippen molar-refractivity contribution in [2.24, 2.45) is 0 Å². The number of pyridine rings is 1. The first-order valence-electron chi connectivity index (χ1n) is 8.47. The van der Waals surface area contributed by atoms with Crippen LogP contribution in [0.5, 0.6) is 0 Å².